The van der Waals surface area contributed by atoms with Crippen LogP contribution >= 0.6 is 23.8 Å². The molecule has 0 N–H and O–H groups in total. The molecule has 1 aromatic carbocycles. The molecule has 3 aromatic rings. The molecule has 4 rings (SSSR count). The SMILES string of the molecule is CCn1c(-c2ccc(Cl)cc2)nn(CN2CCN(c3ccccn3)CC2)c1=S. The minimum absolute atomic E-state index is 0.697. The summed E-state index contributed by atoms with van der Waals surface area (Å²) in [4.78, 5) is 9.15. The third-order valence-electron chi connectivity index (χ3n) is 5.02. The number of hydrogen-bond donors (Lipinski definition) is 0. The average Bonchev–Trinajstić information content (AvgIpc) is 3.05. The molecule has 2 aromatic heterocycles. The number of hydrogen-bond acceptors (Lipinski definition) is 5. The van der Waals surface area contributed by atoms with Gasteiger partial charge in [-0.2, -0.15) is 5.10 Å². The van der Waals surface area contributed by atoms with Crippen molar-refractivity contribution in [1.82, 2.24) is 24.2 Å². The Morgan fingerprint density at radius 3 is 2.43 bits per heavy atom. The highest BCUT2D eigenvalue weighted by atomic mass is 35.5. The molecule has 0 bridgehead atoms. The van der Waals surface area contributed by atoms with Crippen LogP contribution in [0.15, 0.2) is 48.7 Å². The van der Waals surface area contributed by atoms with Gasteiger partial charge in [0.25, 0.3) is 0 Å². The Labute approximate surface area is 175 Å². The zero-order valence-corrected chi connectivity index (χ0v) is 17.4. The Morgan fingerprint density at radius 2 is 1.79 bits per heavy atom. The zero-order chi connectivity index (χ0) is 19.5. The fourth-order valence-electron chi connectivity index (χ4n) is 3.48. The van der Waals surface area contributed by atoms with Crippen molar-refractivity contribution < 1.29 is 0 Å². The molecular formula is C20H23ClN6S. The maximum atomic E-state index is 6.03. The van der Waals surface area contributed by atoms with E-state index < -0.39 is 0 Å². The van der Waals surface area contributed by atoms with Crippen molar-refractivity contribution in [3.63, 3.8) is 0 Å². The summed E-state index contributed by atoms with van der Waals surface area (Å²) in [7, 11) is 0. The van der Waals surface area contributed by atoms with E-state index in [2.05, 4.69) is 32.3 Å². The van der Waals surface area contributed by atoms with Crippen molar-refractivity contribution in [1.29, 1.82) is 0 Å². The van der Waals surface area contributed by atoms with Crippen LogP contribution in [0.2, 0.25) is 5.02 Å². The molecule has 1 aliphatic heterocycles. The Morgan fingerprint density at radius 1 is 1.04 bits per heavy atom. The molecule has 0 spiro atoms. The van der Waals surface area contributed by atoms with Gasteiger partial charge in [0.2, 0.25) is 0 Å². The molecule has 0 radical (unpaired) electrons. The van der Waals surface area contributed by atoms with Gasteiger partial charge in [-0.1, -0.05) is 17.7 Å². The van der Waals surface area contributed by atoms with Gasteiger partial charge in [-0.3, -0.25) is 4.90 Å². The van der Waals surface area contributed by atoms with Gasteiger partial charge in [0.15, 0.2) is 10.6 Å². The van der Waals surface area contributed by atoms with Crippen molar-refractivity contribution in [2.24, 2.45) is 0 Å². The number of rotatable bonds is 5. The van der Waals surface area contributed by atoms with Gasteiger partial charge >= 0.3 is 0 Å². The highest BCUT2D eigenvalue weighted by Gasteiger charge is 2.20. The van der Waals surface area contributed by atoms with Crippen molar-refractivity contribution in [2.75, 3.05) is 31.1 Å². The predicted octanol–water partition coefficient (Wildman–Crippen LogP) is 3.93. The average molecular weight is 415 g/mol. The lowest BCUT2D eigenvalue weighted by molar-refractivity contribution is 0.194. The van der Waals surface area contributed by atoms with E-state index in [4.69, 9.17) is 28.9 Å². The molecule has 3 heterocycles. The predicted molar refractivity (Wildman–Crippen MR) is 115 cm³/mol. The first kappa shape index (κ1) is 19.1. The summed E-state index contributed by atoms with van der Waals surface area (Å²) >= 11 is 11.7. The van der Waals surface area contributed by atoms with E-state index in [1.807, 2.05) is 47.3 Å². The number of nitrogens with zero attached hydrogens (tertiary/aromatic N) is 6. The summed E-state index contributed by atoms with van der Waals surface area (Å²) < 4.78 is 4.75. The van der Waals surface area contributed by atoms with E-state index in [1.54, 1.807) is 0 Å². The maximum Gasteiger partial charge on any atom is 0.199 e. The normalized spacial score (nSPS) is 15.1. The van der Waals surface area contributed by atoms with Crippen molar-refractivity contribution in [3.05, 3.63) is 58.5 Å². The Hall–Kier alpha value is -2.22. The third kappa shape index (κ3) is 3.97. The molecule has 0 aliphatic carbocycles. The van der Waals surface area contributed by atoms with Crippen LogP contribution in [-0.4, -0.2) is 50.4 Å². The van der Waals surface area contributed by atoms with Crippen LogP contribution in [0.1, 0.15) is 6.92 Å². The maximum absolute atomic E-state index is 6.03. The molecule has 1 fully saturated rings. The molecule has 28 heavy (non-hydrogen) atoms. The van der Waals surface area contributed by atoms with E-state index in [-0.39, 0.29) is 0 Å². The summed E-state index contributed by atoms with van der Waals surface area (Å²) in [5.41, 5.74) is 1.02. The Bertz CT molecular complexity index is 974. The van der Waals surface area contributed by atoms with Crippen LogP contribution in [0.25, 0.3) is 11.4 Å². The second kappa shape index (κ2) is 8.43. The lowest BCUT2D eigenvalue weighted by atomic mass is 10.2. The number of anilines is 1. The molecule has 0 saturated carbocycles. The monoisotopic (exact) mass is 414 g/mol. The lowest BCUT2D eigenvalue weighted by Gasteiger charge is -2.35. The van der Waals surface area contributed by atoms with Gasteiger partial charge in [-0.05, 0) is 55.5 Å². The number of halogens is 1. The number of piperazine rings is 1. The van der Waals surface area contributed by atoms with E-state index in [9.17, 15) is 0 Å². The smallest absolute Gasteiger partial charge is 0.199 e. The first-order valence-electron chi connectivity index (χ1n) is 9.47. The number of pyridine rings is 1. The van der Waals surface area contributed by atoms with E-state index >= 15 is 0 Å². The summed E-state index contributed by atoms with van der Waals surface area (Å²) in [6.07, 6.45) is 1.84. The van der Waals surface area contributed by atoms with Gasteiger partial charge in [0.05, 0.1) is 6.67 Å². The number of aromatic nitrogens is 4. The second-order valence-electron chi connectivity index (χ2n) is 6.79. The fraction of sp³-hybridized carbons (Fsp3) is 0.350. The fourth-order valence-corrected chi connectivity index (χ4v) is 3.92. The highest BCUT2D eigenvalue weighted by Crippen LogP contribution is 2.21. The van der Waals surface area contributed by atoms with Crippen LogP contribution in [0, 0.1) is 4.77 Å². The first-order valence-corrected chi connectivity index (χ1v) is 10.3. The van der Waals surface area contributed by atoms with Crippen LogP contribution in [0.4, 0.5) is 5.82 Å². The summed E-state index contributed by atoms with van der Waals surface area (Å²) in [5, 5.41) is 5.53. The van der Waals surface area contributed by atoms with Crippen molar-refractivity contribution in [2.45, 2.75) is 20.1 Å². The van der Waals surface area contributed by atoms with Gasteiger partial charge in [0, 0.05) is 49.5 Å². The largest absolute Gasteiger partial charge is 0.354 e. The third-order valence-corrected chi connectivity index (χ3v) is 5.70. The molecule has 146 valence electrons. The minimum Gasteiger partial charge on any atom is -0.354 e. The van der Waals surface area contributed by atoms with Crippen molar-refractivity contribution >= 4 is 29.6 Å². The first-order chi connectivity index (χ1) is 13.7. The second-order valence-corrected chi connectivity index (χ2v) is 7.59. The van der Waals surface area contributed by atoms with Crippen LogP contribution in [-0.2, 0) is 13.2 Å². The summed E-state index contributed by atoms with van der Waals surface area (Å²) in [6, 6.07) is 13.8. The van der Waals surface area contributed by atoms with Gasteiger partial charge < -0.3 is 9.47 Å². The van der Waals surface area contributed by atoms with Crippen LogP contribution < -0.4 is 4.90 Å². The van der Waals surface area contributed by atoms with E-state index in [1.165, 1.54) is 0 Å². The molecule has 6 nitrogen and oxygen atoms in total. The zero-order valence-electron chi connectivity index (χ0n) is 15.8. The van der Waals surface area contributed by atoms with Crippen LogP contribution in [0.5, 0.6) is 0 Å². The van der Waals surface area contributed by atoms with Gasteiger partial charge in [-0.15, -0.1) is 0 Å². The molecule has 8 heteroatoms. The minimum atomic E-state index is 0.697. The van der Waals surface area contributed by atoms with E-state index in [0.717, 1.165) is 59.7 Å². The standard InChI is InChI=1S/C20H23ClN6S/c1-2-26-19(16-6-8-17(21)9-7-16)23-27(20(26)28)15-24-11-13-25(14-12-24)18-5-3-4-10-22-18/h3-10H,2,11-15H2,1H3. The number of benzene rings is 1. The molecular weight excluding hydrogens is 392 g/mol. The van der Waals surface area contributed by atoms with Crippen LogP contribution in [0.3, 0.4) is 0 Å². The molecule has 1 aliphatic rings. The summed E-state index contributed by atoms with van der Waals surface area (Å²) in [5.74, 6) is 1.93. The van der Waals surface area contributed by atoms with E-state index in [0.29, 0.717) is 6.67 Å². The molecule has 0 unspecified atom stereocenters. The topological polar surface area (TPSA) is 42.1 Å². The van der Waals surface area contributed by atoms with Crippen molar-refractivity contribution in [3.8, 4) is 11.4 Å². The molecule has 0 atom stereocenters. The lowest BCUT2D eigenvalue weighted by Crippen LogP contribution is -2.47. The summed E-state index contributed by atoms with van der Waals surface area (Å²) in [6.45, 7) is 7.37. The molecule has 1 saturated heterocycles. The quantitative estimate of drug-likeness (QED) is 0.592. The molecule has 0 amide bonds. The van der Waals surface area contributed by atoms with Gasteiger partial charge in [-0.25, -0.2) is 9.67 Å². The van der Waals surface area contributed by atoms with Gasteiger partial charge in [0.1, 0.15) is 5.82 Å². The Kier molecular flexibility index (Phi) is 5.75. The highest BCUT2D eigenvalue weighted by molar-refractivity contribution is 7.71. The Balaban J connectivity index is 1.48.